The van der Waals surface area contributed by atoms with Gasteiger partial charge < -0.3 is 10.4 Å². The molecule has 3 nitrogen and oxygen atoms in total. The number of hydrogen-bond acceptors (Lipinski definition) is 2. The average Bonchev–Trinajstić information content (AvgIpc) is 2.42. The first kappa shape index (κ1) is 14.6. The van der Waals surface area contributed by atoms with Crippen molar-refractivity contribution in [3.63, 3.8) is 0 Å². The number of halogens is 1. The lowest BCUT2D eigenvalue weighted by Gasteiger charge is -2.15. The molecule has 1 atom stereocenters. The Morgan fingerprint density at radius 1 is 1.20 bits per heavy atom. The lowest BCUT2D eigenvalue weighted by atomic mass is 10.1. The quantitative estimate of drug-likeness (QED) is 0.893. The standard InChI is InChI=1S/C16H16BrNO2/c1-10-3-4-13(9-15(10)19)16(20)18-11(2)12-5-7-14(17)8-6-12/h3-9,11,19H,1-2H3,(H,18,20). The largest absolute Gasteiger partial charge is 0.508 e. The highest BCUT2D eigenvalue weighted by Gasteiger charge is 2.12. The zero-order chi connectivity index (χ0) is 14.7. The van der Waals surface area contributed by atoms with Crippen molar-refractivity contribution in [3.8, 4) is 5.75 Å². The van der Waals surface area contributed by atoms with E-state index in [1.165, 1.54) is 6.07 Å². The van der Waals surface area contributed by atoms with Gasteiger partial charge in [0.25, 0.3) is 5.91 Å². The SMILES string of the molecule is Cc1ccc(C(=O)NC(C)c2ccc(Br)cc2)cc1O. The third kappa shape index (κ3) is 3.39. The summed E-state index contributed by atoms with van der Waals surface area (Å²) < 4.78 is 1.00. The van der Waals surface area contributed by atoms with E-state index in [0.29, 0.717) is 5.56 Å². The van der Waals surface area contributed by atoms with Crippen LogP contribution >= 0.6 is 15.9 Å². The van der Waals surface area contributed by atoms with Gasteiger partial charge in [-0.15, -0.1) is 0 Å². The second kappa shape index (κ2) is 6.09. The predicted molar refractivity (Wildman–Crippen MR) is 82.9 cm³/mol. The number of phenolic OH excluding ortho intramolecular Hbond substituents is 1. The second-order valence-corrected chi connectivity index (χ2v) is 5.66. The van der Waals surface area contributed by atoms with Crippen LogP contribution in [0.2, 0.25) is 0 Å². The van der Waals surface area contributed by atoms with Crippen molar-refractivity contribution in [2.75, 3.05) is 0 Å². The smallest absolute Gasteiger partial charge is 0.251 e. The maximum atomic E-state index is 12.1. The van der Waals surface area contributed by atoms with Crippen LogP contribution in [0.1, 0.15) is 34.5 Å². The number of phenols is 1. The molecule has 0 radical (unpaired) electrons. The van der Waals surface area contributed by atoms with Crippen molar-refractivity contribution in [1.82, 2.24) is 5.32 Å². The van der Waals surface area contributed by atoms with E-state index in [0.717, 1.165) is 15.6 Å². The van der Waals surface area contributed by atoms with Crippen molar-refractivity contribution in [1.29, 1.82) is 0 Å². The monoisotopic (exact) mass is 333 g/mol. The number of benzene rings is 2. The fourth-order valence-corrected chi connectivity index (χ4v) is 2.13. The highest BCUT2D eigenvalue weighted by atomic mass is 79.9. The number of rotatable bonds is 3. The van der Waals surface area contributed by atoms with Gasteiger partial charge in [0.1, 0.15) is 5.75 Å². The van der Waals surface area contributed by atoms with Crippen LogP contribution in [0.25, 0.3) is 0 Å². The summed E-state index contributed by atoms with van der Waals surface area (Å²) in [5.41, 5.74) is 2.23. The molecular formula is C16H16BrNO2. The molecule has 0 aliphatic heterocycles. The first-order valence-electron chi connectivity index (χ1n) is 6.33. The Kier molecular flexibility index (Phi) is 4.45. The third-order valence-electron chi connectivity index (χ3n) is 3.19. The number of amides is 1. The summed E-state index contributed by atoms with van der Waals surface area (Å²) in [6, 6.07) is 12.6. The highest BCUT2D eigenvalue weighted by molar-refractivity contribution is 9.10. The van der Waals surface area contributed by atoms with Gasteiger partial charge in [-0.1, -0.05) is 34.1 Å². The van der Waals surface area contributed by atoms with Gasteiger partial charge in [0.2, 0.25) is 0 Å². The topological polar surface area (TPSA) is 49.3 Å². The van der Waals surface area contributed by atoms with E-state index in [1.54, 1.807) is 19.1 Å². The van der Waals surface area contributed by atoms with Crippen LogP contribution < -0.4 is 5.32 Å². The van der Waals surface area contributed by atoms with Crippen LogP contribution in [0.15, 0.2) is 46.9 Å². The molecule has 2 aromatic rings. The van der Waals surface area contributed by atoms with Gasteiger partial charge in [-0.3, -0.25) is 4.79 Å². The summed E-state index contributed by atoms with van der Waals surface area (Å²) >= 11 is 3.38. The summed E-state index contributed by atoms with van der Waals surface area (Å²) in [7, 11) is 0. The van der Waals surface area contributed by atoms with E-state index in [9.17, 15) is 9.90 Å². The number of carbonyl (C=O) groups excluding carboxylic acids is 1. The molecule has 1 unspecified atom stereocenters. The Morgan fingerprint density at radius 3 is 2.45 bits per heavy atom. The number of hydrogen-bond donors (Lipinski definition) is 2. The molecule has 0 heterocycles. The van der Waals surface area contributed by atoms with E-state index in [1.807, 2.05) is 31.2 Å². The average molecular weight is 334 g/mol. The molecule has 0 spiro atoms. The number of aryl methyl sites for hydroxylation is 1. The lowest BCUT2D eigenvalue weighted by Crippen LogP contribution is -2.26. The Hall–Kier alpha value is -1.81. The molecule has 1 amide bonds. The van der Waals surface area contributed by atoms with Crippen molar-refractivity contribution in [2.45, 2.75) is 19.9 Å². The van der Waals surface area contributed by atoms with Crippen LogP contribution in [0.3, 0.4) is 0 Å². The molecular weight excluding hydrogens is 318 g/mol. The molecule has 0 fully saturated rings. The minimum Gasteiger partial charge on any atom is -0.508 e. The first-order chi connectivity index (χ1) is 9.47. The van der Waals surface area contributed by atoms with E-state index in [4.69, 9.17) is 0 Å². The second-order valence-electron chi connectivity index (χ2n) is 4.75. The summed E-state index contributed by atoms with van der Waals surface area (Å²) in [4.78, 5) is 12.1. The van der Waals surface area contributed by atoms with Crippen molar-refractivity contribution < 1.29 is 9.90 Å². The molecule has 0 saturated heterocycles. The number of nitrogens with one attached hydrogen (secondary N) is 1. The molecule has 0 bridgehead atoms. The Labute approximate surface area is 126 Å². The maximum absolute atomic E-state index is 12.1. The van der Waals surface area contributed by atoms with Crippen molar-refractivity contribution in [2.24, 2.45) is 0 Å². The van der Waals surface area contributed by atoms with E-state index in [2.05, 4.69) is 21.2 Å². The van der Waals surface area contributed by atoms with Gasteiger partial charge >= 0.3 is 0 Å². The molecule has 4 heteroatoms. The van der Waals surface area contributed by atoms with Crippen LogP contribution in [-0.4, -0.2) is 11.0 Å². The van der Waals surface area contributed by atoms with Gasteiger partial charge in [-0.25, -0.2) is 0 Å². The predicted octanol–water partition coefficient (Wildman–Crippen LogP) is 3.95. The molecule has 0 aliphatic rings. The highest BCUT2D eigenvalue weighted by Crippen LogP contribution is 2.19. The molecule has 0 aromatic heterocycles. The molecule has 2 aromatic carbocycles. The molecule has 20 heavy (non-hydrogen) atoms. The Morgan fingerprint density at radius 2 is 1.85 bits per heavy atom. The zero-order valence-corrected chi connectivity index (χ0v) is 12.9. The van der Waals surface area contributed by atoms with Crippen molar-refractivity contribution >= 4 is 21.8 Å². The zero-order valence-electron chi connectivity index (χ0n) is 11.4. The minimum atomic E-state index is -0.198. The minimum absolute atomic E-state index is 0.0981. The summed E-state index contributed by atoms with van der Waals surface area (Å²) in [5, 5.41) is 12.6. The van der Waals surface area contributed by atoms with Gasteiger partial charge in [0.15, 0.2) is 0 Å². The summed E-state index contributed by atoms with van der Waals surface area (Å²) in [6.45, 7) is 3.72. The first-order valence-corrected chi connectivity index (χ1v) is 7.12. The molecule has 2 N–H and O–H groups in total. The third-order valence-corrected chi connectivity index (χ3v) is 3.72. The maximum Gasteiger partial charge on any atom is 0.251 e. The Balaban J connectivity index is 2.10. The Bertz CT molecular complexity index is 623. The van der Waals surface area contributed by atoms with Gasteiger partial charge in [-0.05, 0) is 49.2 Å². The normalized spacial score (nSPS) is 11.9. The van der Waals surface area contributed by atoms with Crippen LogP contribution in [-0.2, 0) is 0 Å². The van der Waals surface area contributed by atoms with Gasteiger partial charge in [-0.2, -0.15) is 0 Å². The molecule has 104 valence electrons. The van der Waals surface area contributed by atoms with Crippen molar-refractivity contribution in [3.05, 3.63) is 63.6 Å². The van der Waals surface area contributed by atoms with Crippen LogP contribution in [0.4, 0.5) is 0 Å². The van der Waals surface area contributed by atoms with E-state index in [-0.39, 0.29) is 17.7 Å². The molecule has 0 aliphatic carbocycles. The van der Waals surface area contributed by atoms with E-state index >= 15 is 0 Å². The van der Waals surface area contributed by atoms with Crippen LogP contribution in [0, 0.1) is 6.92 Å². The van der Waals surface area contributed by atoms with E-state index < -0.39 is 0 Å². The van der Waals surface area contributed by atoms with Gasteiger partial charge in [0.05, 0.1) is 6.04 Å². The fourth-order valence-electron chi connectivity index (χ4n) is 1.87. The van der Waals surface area contributed by atoms with Gasteiger partial charge in [0, 0.05) is 10.0 Å². The number of aromatic hydroxyl groups is 1. The summed E-state index contributed by atoms with van der Waals surface area (Å²) in [5.74, 6) is -0.0651. The molecule has 0 saturated carbocycles. The molecule has 2 rings (SSSR count). The van der Waals surface area contributed by atoms with Crippen LogP contribution in [0.5, 0.6) is 5.75 Å². The lowest BCUT2D eigenvalue weighted by molar-refractivity contribution is 0.0939. The fraction of sp³-hybridized carbons (Fsp3) is 0.188. The number of carbonyl (C=O) groups is 1. The summed E-state index contributed by atoms with van der Waals surface area (Å²) in [6.07, 6.45) is 0.